The average molecular weight is 193 g/mol. The normalized spacial score (nSPS) is 18.6. The van der Waals surface area contributed by atoms with Crippen molar-refractivity contribution in [2.45, 2.75) is 24.9 Å². The third kappa shape index (κ3) is 1.96. The molecule has 1 heterocycles. The number of pyridine rings is 1. The van der Waals surface area contributed by atoms with E-state index in [1.54, 1.807) is 12.3 Å². The molecule has 4 nitrogen and oxygen atoms in total. The second-order valence-electron chi connectivity index (χ2n) is 3.90. The Morgan fingerprint density at radius 3 is 2.93 bits per heavy atom. The summed E-state index contributed by atoms with van der Waals surface area (Å²) in [5, 5.41) is 13.0. The highest BCUT2D eigenvalue weighted by Gasteiger charge is 2.33. The molecule has 1 saturated carbocycles. The van der Waals surface area contributed by atoms with E-state index in [1.165, 1.54) is 0 Å². The molecule has 0 unspecified atom stereocenters. The van der Waals surface area contributed by atoms with Crippen molar-refractivity contribution in [2.75, 3.05) is 17.6 Å². The molecular formula is C10H15N3O. The summed E-state index contributed by atoms with van der Waals surface area (Å²) in [7, 11) is 0. The maximum absolute atomic E-state index is 9.83. The minimum absolute atomic E-state index is 0.496. The van der Waals surface area contributed by atoms with E-state index in [0.29, 0.717) is 12.4 Å². The monoisotopic (exact) mass is 193 g/mol. The van der Waals surface area contributed by atoms with E-state index in [0.717, 1.165) is 24.9 Å². The molecule has 1 aromatic heterocycles. The molecule has 1 aliphatic rings. The zero-order chi connectivity index (χ0) is 10.0. The van der Waals surface area contributed by atoms with Crippen LogP contribution in [0.5, 0.6) is 0 Å². The first-order valence-corrected chi connectivity index (χ1v) is 4.86. The van der Waals surface area contributed by atoms with Crippen LogP contribution in [-0.4, -0.2) is 22.2 Å². The molecule has 0 atom stereocenters. The quantitative estimate of drug-likeness (QED) is 0.669. The molecule has 0 amide bonds. The summed E-state index contributed by atoms with van der Waals surface area (Å²) in [6, 6.07) is 3.61. The van der Waals surface area contributed by atoms with E-state index in [1.807, 2.05) is 6.07 Å². The standard InChI is InChI=1S/C10H15N3O/c11-9-6-8(2-5-12-9)13-7-10(14)3-1-4-10/h2,5-6,14H,1,3-4,7H2,(H3,11,12,13). The molecule has 2 rings (SSSR count). The van der Waals surface area contributed by atoms with Crippen LogP contribution in [0.3, 0.4) is 0 Å². The molecule has 14 heavy (non-hydrogen) atoms. The summed E-state index contributed by atoms with van der Waals surface area (Å²) in [6.45, 7) is 0.594. The Labute approximate surface area is 83.2 Å². The summed E-state index contributed by atoms with van der Waals surface area (Å²) in [6.07, 6.45) is 4.56. The Morgan fingerprint density at radius 1 is 1.57 bits per heavy atom. The summed E-state index contributed by atoms with van der Waals surface area (Å²) in [5.74, 6) is 0.496. The van der Waals surface area contributed by atoms with Gasteiger partial charge >= 0.3 is 0 Å². The molecule has 4 heteroatoms. The highest BCUT2D eigenvalue weighted by atomic mass is 16.3. The number of anilines is 2. The Hall–Kier alpha value is -1.29. The number of hydrogen-bond donors (Lipinski definition) is 3. The van der Waals surface area contributed by atoms with Crippen LogP contribution in [0.2, 0.25) is 0 Å². The molecule has 4 N–H and O–H groups in total. The van der Waals surface area contributed by atoms with E-state index in [-0.39, 0.29) is 0 Å². The molecule has 76 valence electrons. The van der Waals surface area contributed by atoms with Crippen LogP contribution < -0.4 is 11.1 Å². The topological polar surface area (TPSA) is 71.2 Å². The van der Waals surface area contributed by atoms with Crippen LogP contribution in [0.25, 0.3) is 0 Å². The van der Waals surface area contributed by atoms with Gasteiger partial charge in [-0.1, -0.05) is 0 Å². The van der Waals surface area contributed by atoms with Crippen LogP contribution in [-0.2, 0) is 0 Å². The van der Waals surface area contributed by atoms with Gasteiger partial charge in [-0.3, -0.25) is 0 Å². The van der Waals surface area contributed by atoms with Crippen molar-refractivity contribution in [1.82, 2.24) is 4.98 Å². The first-order chi connectivity index (χ1) is 6.68. The fraction of sp³-hybridized carbons (Fsp3) is 0.500. The van der Waals surface area contributed by atoms with Crippen molar-refractivity contribution in [2.24, 2.45) is 0 Å². The van der Waals surface area contributed by atoms with Crippen molar-refractivity contribution in [1.29, 1.82) is 0 Å². The molecule has 1 aromatic rings. The van der Waals surface area contributed by atoms with E-state index in [2.05, 4.69) is 10.3 Å². The van der Waals surface area contributed by atoms with Gasteiger partial charge in [-0.05, 0) is 25.3 Å². The lowest BCUT2D eigenvalue weighted by Crippen LogP contribution is -2.43. The van der Waals surface area contributed by atoms with Crippen LogP contribution in [0.4, 0.5) is 11.5 Å². The molecule has 1 aliphatic carbocycles. The third-order valence-corrected chi connectivity index (χ3v) is 2.69. The van der Waals surface area contributed by atoms with Gasteiger partial charge in [0.15, 0.2) is 0 Å². The SMILES string of the molecule is Nc1cc(NCC2(O)CCC2)ccn1. The smallest absolute Gasteiger partial charge is 0.125 e. The third-order valence-electron chi connectivity index (χ3n) is 2.69. The van der Waals surface area contributed by atoms with Gasteiger partial charge in [0.1, 0.15) is 5.82 Å². The van der Waals surface area contributed by atoms with Gasteiger partial charge < -0.3 is 16.2 Å². The summed E-state index contributed by atoms with van der Waals surface area (Å²) in [5.41, 5.74) is 5.94. The van der Waals surface area contributed by atoms with Gasteiger partial charge in [0.25, 0.3) is 0 Å². The maximum atomic E-state index is 9.83. The van der Waals surface area contributed by atoms with Gasteiger partial charge in [0.05, 0.1) is 5.60 Å². The minimum Gasteiger partial charge on any atom is -0.388 e. The maximum Gasteiger partial charge on any atom is 0.125 e. The van der Waals surface area contributed by atoms with Gasteiger partial charge in [-0.25, -0.2) is 4.98 Å². The van der Waals surface area contributed by atoms with Crippen molar-refractivity contribution < 1.29 is 5.11 Å². The Bertz CT molecular complexity index is 323. The molecule has 1 fully saturated rings. The number of nitrogens with one attached hydrogen (secondary N) is 1. The van der Waals surface area contributed by atoms with E-state index >= 15 is 0 Å². The molecule has 0 saturated heterocycles. The molecule has 0 spiro atoms. The number of nitrogens with two attached hydrogens (primary N) is 1. The minimum atomic E-state index is -0.502. The van der Waals surface area contributed by atoms with E-state index in [4.69, 9.17) is 5.73 Å². The first-order valence-electron chi connectivity index (χ1n) is 4.86. The van der Waals surface area contributed by atoms with Gasteiger partial charge in [-0.15, -0.1) is 0 Å². The van der Waals surface area contributed by atoms with E-state index < -0.39 is 5.60 Å². The van der Waals surface area contributed by atoms with Crippen LogP contribution in [0.15, 0.2) is 18.3 Å². The molecule has 0 bridgehead atoms. The van der Waals surface area contributed by atoms with Crippen molar-refractivity contribution >= 4 is 11.5 Å². The highest BCUT2D eigenvalue weighted by molar-refractivity contribution is 5.49. The number of hydrogen-bond acceptors (Lipinski definition) is 4. The van der Waals surface area contributed by atoms with Crippen molar-refractivity contribution in [3.63, 3.8) is 0 Å². The lowest BCUT2D eigenvalue weighted by atomic mass is 9.80. The van der Waals surface area contributed by atoms with Crippen molar-refractivity contribution in [3.05, 3.63) is 18.3 Å². The lowest BCUT2D eigenvalue weighted by molar-refractivity contribution is -0.0201. The summed E-state index contributed by atoms with van der Waals surface area (Å²) < 4.78 is 0. The second kappa shape index (κ2) is 3.46. The second-order valence-corrected chi connectivity index (χ2v) is 3.90. The van der Waals surface area contributed by atoms with Crippen LogP contribution >= 0.6 is 0 Å². The Kier molecular flexibility index (Phi) is 2.29. The first kappa shape index (κ1) is 9.27. The zero-order valence-electron chi connectivity index (χ0n) is 8.03. The molecule has 0 aromatic carbocycles. The predicted octanol–water partition coefficient (Wildman–Crippen LogP) is 0.991. The molecule has 0 radical (unpaired) electrons. The number of nitrogen functional groups attached to an aromatic ring is 1. The molecule has 0 aliphatic heterocycles. The Balaban J connectivity index is 1.91. The van der Waals surface area contributed by atoms with Gasteiger partial charge in [0.2, 0.25) is 0 Å². The largest absolute Gasteiger partial charge is 0.388 e. The number of aliphatic hydroxyl groups is 1. The lowest BCUT2D eigenvalue weighted by Gasteiger charge is -2.36. The number of rotatable bonds is 3. The average Bonchev–Trinajstić information content (AvgIpc) is 2.12. The van der Waals surface area contributed by atoms with Gasteiger partial charge in [0, 0.05) is 24.5 Å². The van der Waals surface area contributed by atoms with Gasteiger partial charge in [-0.2, -0.15) is 0 Å². The fourth-order valence-electron chi connectivity index (χ4n) is 1.59. The number of nitrogens with zero attached hydrogens (tertiary/aromatic N) is 1. The summed E-state index contributed by atoms with van der Waals surface area (Å²) in [4.78, 5) is 3.89. The summed E-state index contributed by atoms with van der Waals surface area (Å²) >= 11 is 0. The van der Waals surface area contributed by atoms with E-state index in [9.17, 15) is 5.11 Å². The highest BCUT2D eigenvalue weighted by Crippen LogP contribution is 2.31. The van der Waals surface area contributed by atoms with Crippen LogP contribution in [0, 0.1) is 0 Å². The zero-order valence-corrected chi connectivity index (χ0v) is 8.03. The fourth-order valence-corrected chi connectivity index (χ4v) is 1.59. The predicted molar refractivity (Wildman–Crippen MR) is 55.9 cm³/mol. The van der Waals surface area contributed by atoms with Crippen molar-refractivity contribution in [3.8, 4) is 0 Å². The molecular weight excluding hydrogens is 178 g/mol. The van der Waals surface area contributed by atoms with Crippen LogP contribution in [0.1, 0.15) is 19.3 Å². The number of aromatic nitrogens is 1. The Morgan fingerprint density at radius 2 is 2.36 bits per heavy atom.